The van der Waals surface area contributed by atoms with Crippen molar-refractivity contribution in [2.24, 2.45) is 5.92 Å². The Morgan fingerprint density at radius 3 is 2.53 bits per heavy atom. The van der Waals surface area contributed by atoms with E-state index in [0.717, 1.165) is 37.3 Å². The molecule has 2 fully saturated rings. The van der Waals surface area contributed by atoms with Gasteiger partial charge in [-0.05, 0) is 45.6 Å². The Hall–Kier alpha value is -1.82. The number of sulfonamides is 1. The molecule has 2 saturated heterocycles. The van der Waals surface area contributed by atoms with Crippen LogP contribution < -0.4 is 0 Å². The zero-order chi connectivity index (χ0) is 22.9. The summed E-state index contributed by atoms with van der Waals surface area (Å²) in [4.78, 5) is 31.7. The van der Waals surface area contributed by atoms with Crippen LogP contribution in [0.15, 0.2) is 15.7 Å². The van der Waals surface area contributed by atoms with Crippen LogP contribution in [0.3, 0.4) is 0 Å². The number of aryl methyl sites for hydroxylation is 1. The van der Waals surface area contributed by atoms with Crippen LogP contribution in [0.25, 0.3) is 10.6 Å². The van der Waals surface area contributed by atoms with E-state index < -0.39 is 10.0 Å². The van der Waals surface area contributed by atoms with Crippen LogP contribution in [-0.4, -0.2) is 67.3 Å². The Bertz CT molecular complexity index is 1090. The molecule has 2 aliphatic rings. The van der Waals surface area contributed by atoms with Crippen molar-refractivity contribution in [3.05, 3.63) is 22.0 Å². The number of likely N-dealkylation sites (tertiary alicyclic amines) is 1. The van der Waals surface area contributed by atoms with Gasteiger partial charge < -0.3 is 9.64 Å². The number of hydrogen-bond donors (Lipinski definition) is 0. The van der Waals surface area contributed by atoms with Gasteiger partial charge in [0.05, 0.1) is 18.2 Å². The number of nitrogens with zero attached hydrogens (tertiary/aromatic N) is 3. The number of thiazole rings is 1. The Morgan fingerprint density at radius 1 is 1.19 bits per heavy atom. The Labute approximate surface area is 196 Å². The Balaban J connectivity index is 1.47. The summed E-state index contributed by atoms with van der Waals surface area (Å²) < 4.78 is 33.0. The lowest BCUT2D eigenvalue weighted by Crippen LogP contribution is -2.40. The number of esters is 1. The smallest absolute Gasteiger partial charge is 0.309 e. The number of amides is 1. The lowest BCUT2D eigenvalue weighted by Gasteiger charge is -2.29. The maximum absolute atomic E-state index is 13.1. The Morgan fingerprint density at radius 2 is 1.88 bits per heavy atom. The van der Waals surface area contributed by atoms with Gasteiger partial charge in [0.1, 0.15) is 14.1 Å². The van der Waals surface area contributed by atoms with E-state index in [2.05, 4.69) is 4.98 Å². The van der Waals surface area contributed by atoms with Gasteiger partial charge in [-0.1, -0.05) is 0 Å². The summed E-state index contributed by atoms with van der Waals surface area (Å²) in [5.41, 5.74) is 1.39. The molecule has 0 radical (unpaired) electrons. The average Bonchev–Trinajstić information content (AvgIpc) is 3.54. The lowest BCUT2D eigenvalue weighted by molar-refractivity contribution is -0.149. The minimum atomic E-state index is -3.64. The highest BCUT2D eigenvalue weighted by Gasteiger charge is 2.34. The third-order valence-corrected chi connectivity index (χ3v) is 10.4. The van der Waals surface area contributed by atoms with Crippen LogP contribution in [-0.2, 0) is 19.6 Å². The van der Waals surface area contributed by atoms with Gasteiger partial charge in [0, 0.05) is 37.1 Å². The maximum atomic E-state index is 13.1. The zero-order valence-corrected chi connectivity index (χ0v) is 20.7. The standard InChI is InChI=1S/C21H27N3O5S3/c1-3-29-21(26)15-6-10-24(11-7-15)32(27,28)17-12-16(13-30-17)19-22-14(2)18(31-19)20(25)23-8-4-5-9-23/h12-13,15H,3-11H2,1-2H3. The fourth-order valence-corrected chi connectivity index (χ4v) is 7.95. The molecule has 174 valence electrons. The molecule has 0 N–H and O–H groups in total. The van der Waals surface area contributed by atoms with Crippen molar-refractivity contribution >= 4 is 44.6 Å². The number of hydrogen-bond acceptors (Lipinski definition) is 8. The summed E-state index contributed by atoms with van der Waals surface area (Å²) in [6.07, 6.45) is 2.98. The van der Waals surface area contributed by atoms with E-state index in [1.54, 1.807) is 18.4 Å². The van der Waals surface area contributed by atoms with E-state index in [9.17, 15) is 18.0 Å². The molecule has 0 atom stereocenters. The molecule has 0 spiro atoms. The molecule has 4 rings (SSSR count). The summed E-state index contributed by atoms with van der Waals surface area (Å²) in [6, 6.07) is 1.64. The maximum Gasteiger partial charge on any atom is 0.309 e. The molecule has 4 heterocycles. The van der Waals surface area contributed by atoms with Crippen molar-refractivity contribution < 1.29 is 22.7 Å². The van der Waals surface area contributed by atoms with Crippen LogP contribution in [0.1, 0.15) is 48.0 Å². The van der Waals surface area contributed by atoms with E-state index in [0.29, 0.717) is 53.7 Å². The van der Waals surface area contributed by atoms with Crippen LogP contribution in [0.5, 0.6) is 0 Å². The molecule has 11 heteroatoms. The summed E-state index contributed by atoms with van der Waals surface area (Å²) in [5, 5.41) is 2.43. The minimum absolute atomic E-state index is 0.0105. The number of ether oxygens (including phenoxy) is 1. The van der Waals surface area contributed by atoms with Gasteiger partial charge in [-0.25, -0.2) is 13.4 Å². The fourth-order valence-electron chi connectivity index (χ4n) is 4.07. The van der Waals surface area contributed by atoms with Crippen molar-refractivity contribution in [3.8, 4) is 10.6 Å². The molecule has 2 aliphatic heterocycles. The molecule has 1 amide bonds. The van der Waals surface area contributed by atoms with E-state index in [-0.39, 0.29) is 22.0 Å². The van der Waals surface area contributed by atoms with E-state index >= 15 is 0 Å². The number of thiophene rings is 1. The first kappa shape index (κ1) is 23.3. The molecule has 8 nitrogen and oxygen atoms in total. The van der Waals surface area contributed by atoms with Crippen molar-refractivity contribution in [2.45, 2.75) is 43.7 Å². The lowest BCUT2D eigenvalue weighted by atomic mass is 9.98. The van der Waals surface area contributed by atoms with Crippen LogP contribution in [0.2, 0.25) is 0 Å². The van der Waals surface area contributed by atoms with Crippen molar-refractivity contribution in [1.82, 2.24) is 14.2 Å². The Kier molecular flexibility index (Phi) is 6.99. The summed E-state index contributed by atoms with van der Waals surface area (Å²) in [5.74, 6) is -0.483. The van der Waals surface area contributed by atoms with Crippen molar-refractivity contribution in [2.75, 3.05) is 32.8 Å². The first-order chi connectivity index (χ1) is 15.3. The SMILES string of the molecule is CCOC(=O)C1CCN(S(=O)(=O)c2cc(-c3nc(C)c(C(=O)N4CCCC4)s3)cs2)CC1. The number of carbonyl (C=O) groups is 2. The van der Waals surface area contributed by atoms with Gasteiger partial charge in [0.15, 0.2) is 0 Å². The molecule has 0 aromatic carbocycles. The van der Waals surface area contributed by atoms with Crippen molar-refractivity contribution in [3.63, 3.8) is 0 Å². The molecule has 0 bridgehead atoms. The van der Waals surface area contributed by atoms with Gasteiger partial charge >= 0.3 is 5.97 Å². The predicted octanol–water partition coefficient (Wildman–Crippen LogP) is 3.38. The monoisotopic (exact) mass is 497 g/mol. The van der Waals surface area contributed by atoms with Gasteiger partial charge in [-0.15, -0.1) is 22.7 Å². The van der Waals surface area contributed by atoms with Crippen LogP contribution in [0.4, 0.5) is 0 Å². The van der Waals surface area contributed by atoms with Crippen LogP contribution in [0, 0.1) is 12.8 Å². The summed E-state index contributed by atoms with van der Waals surface area (Å²) >= 11 is 2.48. The largest absolute Gasteiger partial charge is 0.466 e. The fraction of sp³-hybridized carbons (Fsp3) is 0.571. The summed E-state index contributed by atoms with van der Waals surface area (Å²) in [7, 11) is -3.64. The van der Waals surface area contributed by atoms with Gasteiger partial charge in [0.25, 0.3) is 15.9 Å². The molecule has 0 aliphatic carbocycles. The normalized spacial score (nSPS) is 18.2. The van der Waals surface area contributed by atoms with E-state index in [1.165, 1.54) is 15.6 Å². The molecule has 32 heavy (non-hydrogen) atoms. The topological polar surface area (TPSA) is 96.9 Å². The highest BCUT2D eigenvalue weighted by molar-refractivity contribution is 7.91. The van der Waals surface area contributed by atoms with Gasteiger partial charge in [-0.3, -0.25) is 9.59 Å². The summed E-state index contributed by atoms with van der Waals surface area (Å²) in [6.45, 7) is 6.06. The third-order valence-electron chi connectivity index (χ3n) is 5.87. The number of carbonyl (C=O) groups excluding carboxylic acids is 2. The molecular formula is C21H27N3O5S3. The molecule has 2 aromatic heterocycles. The highest BCUT2D eigenvalue weighted by atomic mass is 32.2. The number of piperidine rings is 1. The molecular weight excluding hydrogens is 470 g/mol. The molecule has 2 aromatic rings. The predicted molar refractivity (Wildman–Crippen MR) is 123 cm³/mol. The molecule has 0 saturated carbocycles. The second-order valence-electron chi connectivity index (χ2n) is 8.02. The molecule has 0 unspecified atom stereocenters. The van der Waals surface area contributed by atoms with E-state index in [1.807, 2.05) is 11.8 Å². The highest BCUT2D eigenvalue weighted by Crippen LogP contribution is 2.35. The zero-order valence-electron chi connectivity index (χ0n) is 18.2. The first-order valence-electron chi connectivity index (χ1n) is 10.8. The average molecular weight is 498 g/mol. The number of aromatic nitrogens is 1. The minimum Gasteiger partial charge on any atom is -0.466 e. The van der Waals surface area contributed by atoms with Crippen molar-refractivity contribution in [1.29, 1.82) is 0 Å². The second-order valence-corrected chi connectivity index (χ2v) is 12.1. The third kappa shape index (κ3) is 4.61. The van der Waals surface area contributed by atoms with Crippen LogP contribution >= 0.6 is 22.7 Å². The quantitative estimate of drug-likeness (QED) is 0.568. The van der Waals surface area contributed by atoms with E-state index in [4.69, 9.17) is 4.74 Å². The second kappa shape index (κ2) is 9.58. The van der Waals surface area contributed by atoms with Gasteiger partial charge in [0.2, 0.25) is 0 Å². The number of rotatable bonds is 6. The van der Waals surface area contributed by atoms with Gasteiger partial charge in [-0.2, -0.15) is 4.31 Å². The first-order valence-corrected chi connectivity index (χ1v) is 14.0.